The van der Waals surface area contributed by atoms with E-state index in [1.54, 1.807) is 24.3 Å². The Kier molecular flexibility index (Phi) is 3.37. The first-order valence-corrected chi connectivity index (χ1v) is 6.29. The zero-order valence-electron chi connectivity index (χ0n) is 8.67. The van der Waals surface area contributed by atoms with Gasteiger partial charge in [0.15, 0.2) is 0 Å². The van der Waals surface area contributed by atoms with Crippen molar-refractivity contribution in [3.8, 4) is 5.75 Å². The molecule has 0 fully saturated rings. The summed E-state index contributed by atoms with van der Waals surface area (Å²) in [7, 11) is -1.10. The van der Waals surface area contributed by atoms with Gasteiger partial charge in [0.2, 0.25) is 0 Å². The van der Waals surface area contributed by atoms with Gasteiger partial charge < -0.3 is 5.11 Å². The standard InChI is InChI=1S/C13H12O2S/c14-12-7-4-8-13(9-12)16(15)10-11-5-2-1-3-6-11/h1-9,14H,10H2. The normalized spacial score (nSPS) is 12.2. The summed E-state index contributed by atoms with van der Waals surface area (Å²) in [5.41, 5.74) is 1.03. The highest BCUT2D eigenvalue weighted by atomic mass is 32.2. The Labute approximate surface area is 97.0 Å². The molecule has 0 spiro atoms. The lowest BCUT2D eigenvalue weighted by atomic mass is 10.2. The topological polar surface area (TPSA) is 37.3 Å². The average molecular weight is 232 g/mol. The monoisotopic (exact) mass is 232 g/mol. The largest absolute Gasteiger partial charge is 0.508 e. The molecule has 0 bridgehead atoms. The van der Waals surface area contributed by atoms with Gasteiger partial charge >= 0.3 is 0 Å². The van der Waals surface area contributed by atoms with Crippen molar-refractivity contribution in [3.63, 3.8) is 0 Å². The third kappa shape index (κ3) is 2.70. The van der Waals surface area contributed by atoms with E-state index in [0.29, 0.717) is 10.6 Å². The molecule has 2 aromatic rings. The van der Waals surface area contributed by atoms with Gasteiger partial charge in [0.25, 0.3) is 0 Å². The maximum Gasteiger partial charge on any atom is 0.116 e. The predicted molar refractivity (Wildman–Crippen MR) is 64.7 cm³/mol. The van der Waals surface area contributed by atoms with Crippen molar-refractivity contribution in [3.05, 3.63) is 60.2 Å². The number of phenols is 1. The predicted octanol–water partition coefficient (Wildman–Crippen LogP) is 2.70. The Hall–Kier alpha value is -1.61. The minimum Gasteiger partial charge on any atom is -0.508 e. The highest BCUT2D eigenvalue weighted by molar-refractivity contribution is 7.84. The Morgan fingerprint density at radius 2 is 1.75 bits per heavy atom. The zero-order valence-corrected chi connectivity index (χ0v) is 9.48. The summed E-state index contributed by atoms with van der Waals surface area (Å²) < 4.78 is 12.0. The van der Waals surface area contributed by atoms with Gasteiger partial charge in [0.05, 0.1) is 16.6 Å². The molecule has 82 valence electrons. The summed E-state index contributed by atoms with van der Waals surface area (Å²) in [5.74, 6) is 0.628. The van der Waals surface area contributed by atoms with E-state index in [0.717, 1.165) is 5.56 Å². The van der Waals surface area contributed by atoms with Gasteiger partial charge in [-0.05, 0) is 23.8 Å². The molecule has 0 aliphatic heterocycles. The fourth-order valence-corrected chi connectivity index (χ4v) is 2.58. The molecule has 1 N–H and O–H groups in total. The second-order valence-corrected chi connectivity index (χ2v) is 4.92. The van der Waals surface area contributed by atoms with Gasteiger partial charge in [-0.1, -0.05) is 36.4 Å². The first kappa shape index (κ1) is 10.9. The lowest BCUT2D eigenvalue weighted by Crippen LogP contribution is -1.95. The van der Waals surface area contributed by atoms with Crippen LogP contribution >= 0.6 is 0 Å². The van der Waals surface area contributed by atoms with E-state index < -0.39 is 10.8 Å². The van der Waals surface area contributed by atoms with Gasteiger partial charge in [-0.15, -0.1) is 0 Å². The smallest absolute Gasteiger partial charge is 0.116 e. The molecule has 1 atom stereocenters. The lowest BCUT2D eigenvalue weighted by Gasteiger charge is -2.02. The number of hydrogen-bond donors (Lipinski definition) is 1. The molecule has 16 heavy (non-hydrogen) atoms. The Bertz CT molecular complexity index is 494. The van der Waals surface area contributed by atoms with E-state index >= 15 is 0 Å². The highest BCUT2D eigenvalue weighted by Crippen LogP contribution is 2.17. The maximum absolute atomic E-state index is 12.0. The van der Waals surface area contributed by atoms with Crippen molar-refractivity contribution >= 4 is 10.8 Å². The molecule has 2 nitrogen and oxygen atoms in total. The van der Waals surface area contributed by atoms with E-state index in [-0.39, 0.29) is 5.75 Å². The van der Waals surface area contributed by atoms with Gasteiger partial charge in [0.1, 0.15) is 5.75 Å². The van der Waals surface area contributed by atoms with Crippen LogP contribution in [0.1, 0.15) is 5.56 Å². The Morgan fingerprint density at radius 3 is 2.44 bits per heavy atom. The zero-order chi connectivity index (χ0) is 11.4. The molecule has 0 aromatic heterocycles. The van der Waals surface area contributed by atoms with Crippen LogP contribution in [0.4, 0.5) is 0 Å². The van der Waals surface area contributed by atoms with E-state index in [1.807, 2.05) is 30.3 Å². The molecule has 1 unspecified atom stereocenters. The lowest BCUT2D eigenvalue weighted by molar-refractivity contribution is 0.473. The molecule has 0 saturated carbocycles. The van der Waals surface area contributed by atoms with E-state index in [2.05, 4.69) is 0 Å². The molecular weight excluding hydrogens is 220 g/mol. The fourth-order valence-electron chi connectivity index (χ4n) is 1.43. The van der Waals surface area contributed by atoms with Crippen molar-refractivity contribution in [2.75, 3.05) is 0 Å². The summed E-state index contributed by atoms with van der Waals surface area (Å²) in [6.07, 6.45) is 0. The van der Waals surface area contributed by atoms with Gasteiger partial charge in [-0.25, -0.2) is 0 Å². The second-order valence-electron chi connectivity index (χ2n) is 3.47. The first-order chi connectivity index (χ1) is 7.75. The van der Waals surface area contributed by atoms with Crippen molar-refractivity contribution < 1.29 is 9.32 Å². The van der Waals surface area contributed by atoms with Crippen LogP contribution in [-0.2, 0) is 16.6 Å². The maximum atomic E-state index is 12.0. The summed E-state index contributed by atoms with van der Waals surface area (Å²) in [6.45, 7) is 0. The summed E-state index contributed by atoms with van der Waals surface area (Å²) >= 11 is 0. The minimum absolute atomic E-state index is 0.152. The summed E-state index contributed by atoms with van der Waals surface area (Å²) in [4.78, 5) is 0.656. The van der Waals surface area contributed by atoms with Gasteiger partial charge in [-0.3, -0.25) is 4.21 Å². The Balaban J connectivity index is 2.15. The van der Waals surface area contributed by atoms with E-state index in [9.17, 15) is 9.32 Å². The number of benzene rings is 2. The molecule has 0 aliphatic rings. The van der Waals surface area contributed by atoms with Crippen LogP contribution in [0.15, 0.2) is 59.5 Å². The third-order valence-corrected chi connectivity index (χ3v) is 3.60. The molecular formula is C13H12O2S. The van der Waals surface area contributed by atoms with Crippen LogP contribution in [0.25, 0.3) is 0 Å². The van der Waals surface area contributed by atoms with Crippen molar-refractivity contribution in [2.24, 2.45) is 0 Å². The van der Waals surface area contributed by atoms with Crippen LogP contribution in [0.2, 0.25) is 0 Å². The van der Waals surface area contributed by atoms with Crippen LogP contribution < -0.4 is 0 Å². The van der Waals surface area contributed by atoms with Crippen LogP contribution in [0, 0.1) is 0 Å². The first-order valence-electron chi connectivity index (χ1n) is 4.97. The molecule has 2 rings (SSSR count). The summed E-state index contributed by atoms with van der Waals surface area (Å²) in [5, 5.41) is 9.29. The van der Waals surface area contributed by atoms with Crippen molar-refractivity contribution in [2.45, 2.75) is 10.6 Å². The number of phenolic OH excluding ortho intramolecular Hbond substituents is 1. The van der Waals surface area contributed by atoms with E-state index in [4.69, 9.17) is 0 Å². The van der Waals surface area contributed by atoms with Crippen LogP contribution in [0.5, 0.6) is 5.75 Å². The third-order valence-electron chi connectivity index (χ3n) is 2.22. The Morgan fingerprint density at radius 1 is 1.00 bits per heavy atom. The minimum atomic E-state index is -1.10. The fraction of sp³-hybridized carbons (Fsp3) is 0.0769. The molecule has 0 amide bonds. The van der Waals surface area contributed by atoms with Crippen LogP contribution in [-0.4, -0.2) is 9.32 Å². The molecule has 0 saturated heterocycles. The van der Waals surface area contributed by atoms with Gasteiger partial charge in [-0.2, -0.15) is 0 Å². The molecule has 0 aliphatic carbocycles. The highest BCUT2D eigenvalue weighted by Gasteiger charge is 2.05. The molecule has 2 aromatic carbocycles. The number of aromatic hydroxyl groups is 1. The SMILES string of the molecule is O=S(Cc1ccccc1)c1cccc(O)c1. The van der Waals surface area contributed by atoms with Crippen LogP contribution in [0.3, 0.4) is 0 Å². The molecule has 0 heterocycles. The van der Waals surface area contributed by atoms with Crippen molar-refractivity contribution in [1.29, 1.82) is 0 Å². The molecule has 0 radical (unpaired) electrons. The number of hydrogen-bond acceptors (Lipinski definition) is 2. The summed E-state index contributed by atoms with van der Waals surface area (Å²) in [6, 6.07) is 16.3. The second kappa shape index (κ2) is 4.94. The van der Waals surface area contributed by atoms with Crippen molar-refractivity contribution in [1.82, 2.24) is 0 Å². The van der Waals surface area contributed by atoms with E-state index in [1.165, 1.54) is 0 Å². The van der Waals surface area contributed by atoms with Gasteiger partial charge in [0, 0.05) is 4.90 Å². The quantitative estimate of drug-likeness (QED) is 0.883. The number of rotatable bonds is 3. The molecule has 3 heteroatoms. The average Bonchev–Trinajstić information content (AvgIpc) is 2.30.